The number of nitrogens with one attached hydrogen (secondary N) is 1. The Morgan fingerprint density at radius 1 is 1.04 bits per heavy atom. The minimum Gasteiger partial charge on any atom is -0.494 e. The van der Waals surface area contributed by atoms with Gasteiger partial charge in [-0.15, -0.1) is 0 Å². The molecule has 0 atom stereocenters. The van der Waals surface area contributed by atoms with E-state index in [-0.39, 0.29) is 5.88 Å². The van der Waals surface area contributed by atoms with Crippen LogP contribution in [0, 0.1) is 6.92 Å². The zero-order valence-corrected chi connectivity index (χ0v) is 15.2. The lowest BCUT2D eigenvalue weighted by Crippen LogP contribution is -2.44. The zero-order valence-electron chi connectivity index (χ0n) is 15.2. The SMILES string of the molecule is Cc1ccc2c(C=Nc3ccc(N4CCN(C)CC4)cc3)c(O)[nH]c2c1. The van der Waals surface area contributed by atoms with Crippen molar-refractivity contribution < 1.29 is 5.11 Å². The van der Waals surface area contributed by atoms with Gasteiger partial charge in [-0.1, -0.05) is 12.1 Å². The molecular formula is C21H24N4O. The summed E-state index contributed by atoms with van der Waals surface area (Å²) in [5.41, 5.74) is 4.92. The molecule has 0 aliphatic carbocycles. The third-order valence-corrected chi connectivity index (χ3v) is 5.03. The number of aromatic amines is 1. The van der Waals surface area contributed by atoms with Gasteiger partial charge in [0, 0.05) is 49.0 Å². The van der Waals surface area contributed by atoms with Gasteiger partial charge >= 0.3 is 0 Å². The Hall–Kier alpha value is -2.79. The van der Waals surface area contributed by atoms with Crippen molar-refractivity contribution in [3.05, 3.63) is 53.6 Å². The van der Waals surface area contributed by atoms with Gasteiger partial charge in [0.2, 0.25) is 0 Å². The lowest BCUT2D eigenvalue weighted by molar-refractivity contribution is 0.313. The Labute approximate surface area is 153 Å². The van der Waals surface area contributed by atoms with Gasteiger partial charge in [-0.3, -0.25) is 4.99 Å². The number of likely N-dealkylation sites (N-methyl/N-ethyl adjacent to an activating group) is 1. The highest BCUT2D eigenvalue weighted by molar-refractivity contribution is 6.02. The van der Waals surface area contributed by atoms with Gasteiger partial charge in [-0.05, 0) is 49.9 Å². The summed E-state index contributed by atoms with van der Waals surface area (Å²) in [6.45, 7) is 6.34. The number of piperazine rings is 1. The number of aromatic nitrogens is 1. The predicted molar refractivity (Wildman–Crippen MR) is 108 cm³/mol. The minimum absolute atomic E-state index is 0.156. The van der Waals surface area contributed by atoms with Gasteiger partial charge in [-0.2, -0.15) is 0 Å². The molecule has 0 spiro atoms. The molecule has 2 heterocycles. The van der Waals surface area contributed by atoms with E-state index in [9.17, 15) is 5.11 Å². The van der Waals surface area contributed by atoms with Crippen molar-refractivity contribution >= 4 is 28.5 Å². The number of anilines is 1. The fraction of sp³-hybridized carbons (Fsp3) is 0.286. The number of benzene rings is 2. The van der Waals surface area contributed by atoms with Crippen molar-refractivity contribution in [2.24, 2.45) is 4.99 Å². The maximum atomic E-state index is 10.2. The molecule has 2 N–H and O–H groups in total. The summed E-state index contributed by atoms with van der Waals surface area (Å²) in [5, 5.41) is 11.2. The number of rotatable bonds is 3. The van der Waals surface area contributed by atoms with Gasteiger partial charge in [0.25, 0.3) is 0 Å². The molecule has 0 unspecified atom stereocenters. The number of H-pyrrole nitrogens is 1. The summed E-state index contributed by atoms with van der Waals surface area (Å²) in [6, 6.07) is 14.4. The average Bonchev–Trinajstić information content (AvgIpc) is 2.95. The van der Waals surface area contributed by atoms with Crippen LogP contribution in [0.5, 0.6) is 5.88 Å². The largest absolute Gasteiger partial charge is 0.494 e. The van der Waals surface area contributed by atoms with Crippen LogP contribution in [0.25, 0.3) is 10.9 Å². The highest BCUT2D eigenvalue weighted by atomic mass is 16.3. The summed E-state index contributed by atoms with van der Waals surface area (Å²) in [7, 11) is 2.16. The van der Waals surface area contributed by atoms with E-state index in [1.807, 2.05) is 37.3 Å². The lowest BCUT2D eigenvalue weighted by Gasteiger charge is -2.34. The molecule has 0 radical (unpaired) electrons. The molecule has 1 fully saturated rings. The quantitative estimate of drug-likeness (QED) is 0.710. The van der Waals surface area contributed by atoms with Crippen LogP contribution in [-0.2, 0) is 0 Å². The highest BCUT2D eigenvalue weighted by Crippen LogP contribution is 2.27. The van der Waals surface area contributed by atoms with Crippen LogP contribution in [0.1, 0.15) is 11.1 Å². The Morgan fingerprint density at radius 2 is 1.77 bits per heavy atom. The normalized spacial score (nSPS) is 16.0. The molecule has 0 bridgehead atoms. The molecule has 1 saturated heterocycles. The Morgan fingerprint density at radius 3 is 2.50 bits per heavy atom. The van der Waals surface area contributed by atoms with Crippen molar-refractivity contribution in [3.8, 4) is 5.88 Å². The van der Waals surface area contributed by atoms with E-state index < -0.39 is 0 Å². The molecule has 134 valence electrons. The second-order valence-electron chi connectivity index (χ2n) is 7.00. The zero-order chi connectivity index (χ0) is 18.1. The first-order valence-corrected chi connectivity index (χ1v) is 8.99. The fourth-order valence-corrected chi connectivity index (χ4v) is 3.40. The van der Waals surface area contributed by atoms with Crippen LogP contribution in [-0.4, -0.2) is 54.4 Å². The van der Waals surface area contributed by atoms with Crippen LogP contribution in [0.4, 0.5) is 11.4 Å². The molecule has 1 aliphatic heterocycles. The highest BCUT2D eigenvalue weighted by Gasteiger charge is 2.14. The van der Waals surface area contributed by atoms with E-state index in [0.29, 0.717) is 0 Å². The predicted octanol–water partition coefficient (Wildman–Crippen LogP) is 3.68. The number of aryl methyl sites for hydroxylation is 1. The van der Waals surface area contributed by atoms with Crippen molar-refractivity contribution in [1.29, 1.82) is 0 Å². The monoisotopic (exact) mass is 348 g/mol. The number of aliphatic imine (C=N–C) groups is 1. The van der Waals surface area contributed by atoms with E-state index in [4.69, 9.17) is 0 Å². The van der Waals surface area contributed by atoms with Gasteiger partial charge in [0.1, 0.15) is 0 Å². The number of hydrogen-bond acceptors (Lipinski definition) is 4. The second kappa shape index (κ2) is 6.84. The van der Waals surface area contributed by atoms with Crippen LogP contribution in [0.2, 0.25) is 0 Å². The van der Waals surface area contributed by atoms with Crippen molar-refractivity contribution in [1.82, 2.24) is 9.88 Å². The van der Waals surface area contributed by atoms with Crippen LogP contribution >= 0.6 is 0 Å². The molecule has 3 aromatic rings. The Kier molecular flexibility index (Phi) is 4.39. The molecule has 0 amide bonds. The summed E-state index contributed by atoms with van der Waals surface area (Å²) in [5.74, 6) is 0.156. The fourth-order valence-electron chi connectivity index (χ4n) is 3.40. The van der Waals surface area contributed by atoms with Gasteiger partial charge in [0.15, 0.2) is 5.88 Å². The summed E-state index contributed by atoms with van der Waals surface area (Å²) < 4.78 is 0. The number of hydrogen-bond donors (Lipinski definition) is 2. The Balaban J connectivity index is 1.53. The van der Waals surface area contributed by atoms with Crippen LogP contribution < -0.4 is 4.90 Å². The maximum absolute atomic E-state index is 10.2. The third-order valence-electron chi connectivity index (χ3n) is 5.03. The van der Waals surface area contributed by atoms with Crippen molar-refractivity contribution in [2.45, 2.75) is 6.92 Å². The number of aromatic hydroxyl groups is 1. The van der Waals surface area contributed by atoms with E-state index >= 15 is 0 Å². The first-order chi connectivity index (χ1) is 12.6. The minimum atomic E-state index is 0.156. The number of nitrogens with zero attached hydrogens (tertiary/aromatic N) is 3. The second-order valence-corrected chi connectivity index (χ2v) is 7.00. The molecular weight excluding hydrogens is 324 g/mol. The van der Waals surface area contributed by atoms with E-state index in [2.05, 4.69) is 39.0 Å². The molecule has 4 rings (SSSR count). The summed E-state index contributed by atoms with van der Waals surface area (Å²) in [4.78, 5) is 12.3. The van der Waals surface area contributed by atoms with Crippen LogP contribution in [0.15, 0.2) is 47.5 Å². The van der Waals surface area contributed by atoms with E-state index in [0.717, 1.165) is 53.9 Å². The van der Waals surface area contributed by atoms with Gasteiger partial charge in [-0.25, -0.2) is 0 Å². The molecule has 5 heteroatoms. The van der Waals surface area contributed by atoms with Crippen LogP contribution in [0.3, 0.4) is 0 Å². The lowest BCUT2D eigenvalue weighted by atomic mass is 10.1. The van der Waals surface area contributed by atoms with Crippen molar-refractivity contribution in [2.75, 3.05) is 38.1 Å². The topological polar surface area (TPSA) is 54.9 Å². The average molecular weight is 348 g/mol. The summed E-state index contributed by atoms with van der Waals surface area (Å²) >= 11 is 0. The van der Waals surface area contributed by atoms with Crippen molar-refractivity contribution in [3.63, 3.8) is 0 Å². The smallest absolute Gasteiger partial charge is 0.198 e. The Bertz CT molecular complexity index is 935. The molecule has 5 nitrogen and oxygen atoms in total. The van der Waals surface area contributed by atoms with E-state index in [1.165, 1.54) is 5.69 Å². The molecule has 26 heavy (non-hydrogen) atoms. The molecule has 2 aromatic carbocycles. The standard InChI is InChI=1S/C21H24N4O/c1-15-3-8-18-19(21(26)23-20(18)13-15)14-22-16-4-6-17(7-5-16)25-11-9-24(2)10-12-25/h3-8,13-14,23,26H,9-12H2,1-2H3. The first kappa shape index (κ1) is 16.7. The summed E-state index contributed by atoms with van der Waals surface area (Å²) in [6.07, 6.45) is 1.73. The van der Waals surface area contributed by atoms with E-state index in [1.54, 1.807) is 6.21 Å². The maximum Gasteiger partial charge on any atom is 0.198 e. The third kappa shape index (κ3) is 3.30. The van der Waals surface area contributed by atoms with Gasteiger partial charge < -0.3 is 19.9 Å². The first-order valence-electron chi connectivity index (χ1n) is 8.99. The number of fused-ring (bicyclic) bond motifs is 1. The molecule has 1 aliphatic rings. The van der Waals surface area contributed by atoms with Gasteiger partial charge in [0.05, 0.1) is 11.3 Å². The molecule has 0 saturated carbocycles. The molecule has 1 aromatic heterocycles.